The van der Waals surface area contributed by atoms with E-state index >= 15 is 0 Å². The summed E-state index contributed by atoms with van der Waals surface area (Å²) in [5.74, 6) is 0. The van der Waals surface area contributed by atoms with Gasteiger partial charge in [-0.3, -0.25) is 15.0 Å². The quantitative estimate of drug-likeness (QED) is 0.613. The number of benzene rings is 2. The van der Waals surface area contributed by atoms with Crippen molar-refractivity contribution in [3.63, 3.8) is 0 Å². The standard InChI is InChI=1S/C15H15BrN2O2/c1-17(10-12-5-3-2-4-6-12)11-13-7-8-14(16)15(9-13)18(19)20/h2-9H,10-11H2,1H3. The van der Waals surface area contributed by atoms with Gasteiger partial charge in [0.15, 0.2) is 0 Å². The highest BCUT2D eigenvalue weighted by Gasteiger charge is 2.13. The lowest BCUT2D eigenvalue weighted by Crippen LogP contribution is -2.17. The molecular formula is C15H15BrN2O2. The van der Waals surface area contributed by atoms with E-state index in [-0.39, 0.29) is 10.6 Å². The van der Waals surface area contributed by atoms with Crippen molar-refractivity contribution in [1.29, 1.82) is 0 Å². The van der Waals surface area contributed by atoms with Gasteiger partial charge in [-0.25, -0.2) is 0 Å². The van der Waals surface area contributed by atoms with Crippen LogP contribution in [0.5, 0.6) is 0 Å². The molecule has 0 atom stereocenters. The van der Waals surface area contributed by atoms with Crippen LogP contribution in [0.15, 0.2) is 53.0 Å². The molecule has 0 unspecified atom stereocenters. The Morgan fingerprint density at radius 1 is 1.10 bits per heavy atom. The molecule has 0 aliphatic heterocycles. The number of halogens is 1. The molecule has 2 aromatic rings. The van der Waals surface area contributed by atoms with Gasteiger partial charge in [0.25, 0.3) is 5.69 Å². The van der Waals surface area contributed by atoms with Crippen LogP contribution < -0.4 is 0 Å². The first-order chi connectivity index (χ1) is 9.56. The molecule has 0 heterocycles. The largest absolute Gasteiger partial charge is 0.298 e. The van der Waals surface area contributed by atoms with E-state index in [9.17, 15) is 10.1 Å². The first-order valence-corrected chi connectivity index (χ1v) is 7.01. The zero-order valence-electron chi connectivity index (χ0n) is 11.1. The second-order valence-electron chi connectivity index (χ2n) is 4.70. The third kappa shape index (κ3) is 3.88. The summed E-state index contributed by atoms with van der Waals surface area (Å²) in [7, 11) is 2.00. The maximum atomic E-state index is 10.9. The summed E-state index contributed by atoms with van der Waals surface area (Å²) in [6.45, 7) is 1.48. The Balaban J connectivity index is 2.06. The summed E-state index contributed by atoms with van der Waals surface area (Å²) in [5, 5.41) is 10.9. The molecule has 0 radical (unpaired) electrons. The number of nitro groups is 1. The second kappa shape index (κ2) is 6.63. The van der Waals surface area contributed by atoms with Gasteiger partial charge in [-0.15, -0.1) is 0 Å². The summed E-state index contributed by atoms with van der Waals surface area (Å²) in [5.41, 5.74) is 2.26. The Morgan fingerprint density at radius 3 is 2.40 bits per heavy atom. The van der Waals surface area contributed by atoms with E-state index in [2.05, 4.69) is 33.0 Å². The molecular weight excluding hydrogens is 320 g/mol. The van der Waals surface area contributed by atoms with Crippen LogP contribution in [0.2, 0.25) is 0 Å². The zero-order chi connectivity index (χ0) is 14.5. The van der Waals surface area contributed by atoms with Crippen LogP contribution in [-0.2, 0) is 13.1 Å². The molecule has 0 amide bonds. The lowest BCUT2D eigenvalue weighted by molar-refractivity contribution is -0.385. The number of hydrogen-bond acceptors (Lipinski definition) is 3. The Labute approximate surface area is 126 Å². The number of hydrogen-bond donors (Lipinski definition) is 0. The minimum Gasteiger partial charge on any atom is -0.298 e. The van der Waals surface area contributed by atoms with Gasteiger partial charge >= 0.3 is 0 Å². The van der Waals surface area contributed by atoms with Gasteiger partial charge in [-0.2, -0.15) is 0 Å². The minimum absolute atomic E-state index is 0.107. The van der Waals surface area contributed by atoms with Crippen molar-refractivity contribution in [2.75, 3.05) is 7.05 Å². The molecule has 0 fully saturated rings. The monoisotopic (exact) mass is 334 g/mol. The summed E-state index contributed by atoms with van der Waals surface area (Å²) in [6, 6.07) is 15.4. The molecule has 0 N–H and O–H groups in total. The Kier molecular flexibility index (Phi) is 4.87. The summed E-state index contributed by atoms with van der Waals surface area (Å²) in [6.07, 6.45) is 0. The smallest absolute Gasteiger partial charge is 0.283 e. The lowest BCUT2D eigenvalue weighted by atomic mass is 10.1. The Bertz CT molecular complexity index is 602. The fraction of sp³-hybridized carbons (Fsp3) is 0.200. The summed E-state index contributed by atoms with van der Waals surface area (Å²) < 4.78 is 0.511. The SMILES string of the molecule is CN(Cc1ccccc1)Cc1ccc(Br)c([N+](=O)[O-])c1. The van der Waals surface area contributed by atoms with Crippen LogP contribution >= 0.6 is 15.9 Å². The second-order valence-corrected chi connectivity index (χ2v) is 5.56. The molecule has 0 spiro atoms. The molecule has 0 aromatic heterocycles. The maximum absolute atomic E-state index is 10.9. The van der Waals surface area contributed by atoms with Gasteiger partial charge in [0.2, 0.25) is 0 Å². The molecule has 0 aliphatic rings. The van der Waals surface area contributed by atoms with Crippen LogP contribution in [0.3, 0.4) is 0 Å². The van der Waals surface area contributed by atoms with E-state index in [0.29, 0.717) is 11.0 Å². The molecule has 0 saturated heterocycles. The first-order valence-electron chi connectivity index (χ1n) is 6.21. The van der Waals surface area contributed by atoms with Gasteiger partial charge in [0, 0.05) is 19.2 Å². The van der Waals surface area contributed by atoms with Crippen molar-refractivity contribution in [3.8, 4) is 0 Å². The Hall–Kier alpha value is -1.72. The number of nitrogens with zero attached hydrogens (tertiary/aromatic N) is 2. The molecule has 2 aromatic carbocycles. The molecule has 0 aliphatic carbocycles. The van der Waals surface area contributed by atoms with Crippen LogP contribution in [0.1, 0.15) is 11.1 Å². The lowest BCUT2D eigenvalue weighted by Gasteiger charge is -2.16. The minimum atomic E-state index is -0.370. The highest BCUT2D eigenvalue weighted by atomic mass is 79.9. The molecule has 4 nitrogen and oxygen atoms in total. The molecule has 2 rings (SSSR count). The zero-order valence-corrected chi connectivity index (χ0v) is 12.7. The van der Waals surface area contributed by atoms with Crippen molar-refractivity contribution in [2.45, 2.75) is 13.1 Å². The summed E-state index contributed by atoms with van der Waals surface area (Å²) in [4.78, 5) is 12.7. The van der Waals surface area contributed by atoms with E-state index in [0.717, 1.165) is 12.1 Å². The summed E-state index contributed by atoms with van der Waals surface area (Å²) >= 11 is 3.20. The average molecular weight is 335 g/mol. The van der Waals surface area contributed by atoms with Crippen molar-refractivity contribution >= 4 is 21.6 Å². The van der Waals surface area contributed by atoms with Gasteiger partial charge in [0.1, 0.15) is 0 Å². The van der Waals surface area contributed by atoms with Crippen molar-refractivity contribution in [3.05, 3.63) is 74.2 Å². The van der Waals surface area contributed by atoms with Crippen molar-refractivity contribution in [2.24, 2.45) is 0 Å². The predicted octanol–water partition coefficient (Wildman–Crippen LogP) is 3.99. The van der Waals surface area contributed by atoms with Gasteiger partial charge in [-0.05, 0) is 40.2 Å². The third-order valence-electron chi connectivity index (χ3n) is 2.96. The fourth-order valence-corrected chi connectivity index (χ4v) is 2.45. The van der Waals surface area contributed by atoms with E-state index in [1.807, 2.05) is 31.3 Å². The van der Waals surface area contributed by atoms with Crippen LogP contribution in [-0.4, -0.2) is 16.9 Å². The maximum Gasteiger partial charge on any atom is 0.283 e. The molecule has 104 valence electrons. The highest BCUT2D eigenvalue weighted by molar-refractivity contribution is 9.10. The first kappa shape index (κ1) is 14.7. The topological polar surface area (TPSA) is 46.4 Å². The van der Waals surface area contributed by atoms with E-state index in [1.165, 1.54) is 5.56 Å². The van der Waals surface area contributed by atoms with E-state index < -0.39 is 0 Å². The fourth-order valence-electron chi connectivity index (χ4n) is 2.06. The van der Waals surface area contributed by atoms with E-state index in [4.69, 9.17) is 0 Å². The Morgan fingerprint density at radius 2 is 1.75 bits per heavy atom. The van der Waals surface area contributed by atoms with Crippen LogP contribution in [0.4, 0.5) is 5.69 Å². The molecule has 5 heteroatoms. The number of nitro benzene ring substituents is 1. The highest BCUT2D eigenvalue weighted by Crippen LogP contribution is 2.26. The predicted molar refractivity (Wildman–Crippen MR) is 82.4 cm³/mol. The van der Waals surface area contributed by atoms with Crippen LogP contribution in [0, 0.1) is 10.1 Å². The average Bonchev–Trinajstić information content (AvgIpc) is 2.41. The van der Waals surface area contributed by atoms with Crippen molar-refractivity contribution in [1.82, 2.24) is 4.90 Å². The van der Waals surface area contributed by atoms with Gasteiger partial charge in [-0.1, -0.05) is 36.4 Å². The van der Waals surface area contributed by atoms with Crippen molar-refractivity contribution < 1.29 is 4.92 Å². The third-order valence-corrected chi connectivity index (χ3v) is 3.63. The molecule has 0 saturated carbocycles. The number of rotatable bonds is 5. The van der Waals surface area contributed by atoms with Gasteiger partial charge < -0.3 is 0 Å². The van der Waals surface area contributed by atoms with Crippen LogP contribution in [0.25, 0.3) is 0 Å². The van der Waals surface area contributed by atoms with Gasteiger partial charge in [0.05, 0.1) is 9.40 Å². The molecule has 0 bridgehead atoms. The van der Waals surface area contributed by atoms with E-state index in [1.54, 1.807) is 12.1 Å². The molecule has 20 heavy (non-hydrogen) atoms. The normalized spacial score (nSPS) is 10.8.